The van der Waals surface area contributed by atoms with Gasteiger partial charge in [-0.2, -0.15) is 0 Å². The molecule has 0 spiro atoms. The van der Waals surface area contributed by atoms with E-state index in [1.807, 2.05) is 30.3 Å². The van der Waals surface area contributed by atoms with Gasteiger partial charge in [0.2, 0.25) is 0 Å². The van der Waals surface area contributed by atoms with Crippen molar-refractivity contribution in [1.82, 2.24) is 4.90 Å². The smallest absolute Gasteiger partial charge is 0.266 e. The van der Waals surface area contributed by atoms with E-state index in [9.17, 15) is 14.7 Å². The highest BCUT2D eigenvalue weighted by atomic mass is 32.2. The first-order valence-corrected chi connectivity index (χ1v) is 9.30. The van der Waals surface area contributed by atoms with Crippen molar-refractivity contribution in [2.45, 2.75) is 26.3 Å². The van der Waals surface area contributed by atoms with Gasteiger partial charge in [0.05, 0.1) is 16.9 Å². The number of hydrogen-bond acceptors (Lipinski definition) is 6. The molecule has 1 aliphatic heterocycles. The Morgan fingerprint density at radius 1 is 1.31 bits per heavy atom. The van der Waals surface area contributed by atoms with Crippen LogP contribution in [0.4, 0.5) is 0 Å². The second-order valence-corrected chi connectivity index (χ2v) is 7.47. The van der Waals surface area contributed by atoms with Gasteiger partial charge in [0.25, 0.3) is 5.91 Å². The van der Waals surface area contributed by atoms with Crippen molar-refractivity contribution in [3.05, 3.63) is 52.6 Å². The van der Waals surface area contributed by atoms with Crippen LogP contribution in [0.1, 0.15) is 25.2 Å². The van der Waals surface area contributed by atoms with Crippen LogP contribution in [0.3, 0.4) is 0 Å². The molecule has 1 aromatic heterocycles. The lowest BCUT2D eigenvalue weighted by Gasteiger charge is -2.23. The molecule has 0 aliphatic carbocycles. The van der Waals surface area contributed by atoms with Crippen LogP contribution in [-0.4, -0.2) is 27.1 Å². The fourth-order valence-electron chi connectivity index (χ4n) is 2.54. The predicted molar refractivity (Wildman–Crippen MR) is 103 cm³/mol. The lowest BCUT2D eigenvalue weighted by atomic mass is 10.1. The molecule has 1 saturated heterocycles. The molecule has 134 valence electrons. The van der Waals surface area contributed by atoms with Crippen molar-refractivity contribution in [3.8, 4) is 11.3 Å². The van der Waals surface area contributed by atoms with Crippen molar-refractivity contribution in [2.75, 3.05) is 0 Å². The maximum absolute atomic E-state index is 12.4. The van der Waals surface area contributed by atoms with Crippen LogP contribution in [0.15, 0.2) is 45.7 Å². The second kappa shape index (κ2) is 7.47. The fourth-order valence-corrected chi connectivity index (χ4v) is 3.94. The number of thioether (sulfide) groups is 1. The third-order valence-electron chi connectivity index (χ3n) is 4.10. The number of aryl methyl sites for hydroxylation is 1. The van der Waals surface area contributed by atoms with E-state index in [0.717, 1.165) is 28.6 Å². The molecule has 2 aromatic rings. The highest BCUT2D eigenvalue weighted by molar-refractivity contribution is 8.26. The summed E-state index contributed by atoms with van der Waals surface area (Å²) >= 11 is 6.17. The van der Waals surface area contributed by atoms with Gasteiger partial charge < -0.3 is 14.3 Å². The van der Waals surface area contributed by atoms with Crippen molar-refractivity contribution >= 4 is 46.3 Å². The summed E-state index contributed by atoms with van der Waals surface area (Å²) in [4.78, 5) is 24.8. The minimum absolute atomic E-state index is 0.194. The summed E-state index contributed by atoms with van der Waals surface area (Å²) in [6, 6.07) is 10.5. The normalized spacial score (nSPS) is 17.2. The molecular weight excluding hydrogens is 370 g/mol. The van der Waals surface area contributed by atoms with Crippen molar-refractivity contribution in [1.29, 1.82) is 0 Å². The molecule has 5 nitrogen and oxygen atoms in total. The van der Waals surface area contributed by atoms with Crippen LogP contribution in [0.5, 0.6) is 0 Å². The summed E-state index contributed by atoms with van der Waals surface area (Å²) in [5.41, 5.74) is 2.19. The lowest BCUT2D eigenvalue weighted by Crippen LogP contribution is -2.48. The van der Waals surface area contributed by atoms with Crippen molar-refractivity contribution in [3.63, 3.8) is 0 Å². The zero-order chi connectivity index (χ0) is 18.8. The van der Waals surface area contributed by atoms with E-state index in [1.54, 1.807) is 12.1 Å². The second-order valence-electron chi connectivity index (χ2n) is 5.80. The number of rotatable bonds is 5. The average molecular weight is 386 g/mol. The van der Waals surface area contributed by atoms with Crippen molar-refractivity contribution < 1.29 is 19.1 Å². The molecule has 1 atom stereocenters. The summed E-state index contributed by atoms with van der Waals surface area (Å²) < 4.78 is 5.99. The first-order valence-electron chi connectivity index (χ1n) is 8.07. The average Bonchev–Trinajstić information content (AvgIpc) is 3.19. The van der Waals surface area contributed by atoms with E-state index in [0.29, 0.717) is 16.4 Å². The third kappa shape index (κ3) is 3.59. The maximum Gasteiger partial charge on any atom is 0.266 e. The number of furan rings is 1. The quantitative estimate of drug-likeness (QED) is 0.581. The number of nitrogens with zero attached hydrogens (tertiary/aromatic N) is 1. The summed E-state index contributed by atoms with van der Waals surface area (Å²) in [6.45, 7) is 3.46. The van der Waals surface area contributed by atoms with Crippen LogP contribution in [0.25, 0.3) is 17.4 Å². The molecule has 1 fully saturated rings. The number of carboxylic acid groups (broad SMARTS) is 1. The molecule has 2 heterocycles. The number of carbonyl (C=O) groups is 2. The summed E-state index contributed by atoms with van der Waals surface area (Å²) in [7, 11) is 0. The van der Waals surface area contributed by atoms with Gasteiger partial charge >= 0.3 is 0 Å². The molecule has 3 rings (SSSR count). The third-order valence-corrected chi connectivity index (χ3v) is 5.43. The fraction of sp³-hybridized carbons (Fsp3) is 0.211. The van der Waals surface area contributed by atoms with E-state index >= 15 is 0 Å². The van der Waals surface area contributed by atoms with Gasteiger partial charge in [-0.15, -0.1) is 0 Å². The molecule has 1 aliphatic rings. The highest BCUT2D eigenvalue weighted by Gasteiger charge is 2.36. The van der Waals surface area contributed by atoms with Crippen LogP contribution in [0, 0.1) is 0 Å². The number of benzene rings is 1. The molecule has 1 aromatic carbocycles. The Kier molecular flexibility index (Phi) is 5.29. The number of carboxylic acids is 1. The zero-order valence-electron chi connectivity index (χ0n) is 14.2. The van der Waals surface area contributed by atoms with Gasteiger partial charge in [-0.05, 0) is 31.0 Å². The molecule has 0 saturated carbocycles. The SMILES string of the molecule is CCc1ccc(-c2ccc(/C=C3/SC(=S)N([C@@H](C)C(=O)[O-])C3=O)o2)cc1. The van der Waals surface area contributed by atoms with Crippen LogP contribution in [0.2, 0.25) is 0 Å². The van der Waals surface area contributed by atoms with Gasteiger partial charge in [-0.1, -0.05) is 55.2 Å². The van der Waals surface area contributed by atoms with E-state index < -0.39 is 17.9 Å². The standard InChI is InChI=1S/C19H17NO4S2/c1-3-12-4-6-13(7-5-12)15-9-8-14(24-15)10-16-17(21)20(19(25)26-16)11(2)18(22)23/h4-11H,3H2,1-2H3,(H,22,23)/p-1/b16-10+/t11-/m0/s1. The maximum atomic E-state index is 12.4. The van der Waals surface area contributed by atoms with Gasteiger partial charge in [0.1, 0.15) is 15.8 Å². The van der Waals surface area contributed by atoms with Gasteiger partial charge in [0, 0.05) is 11.6 Å². The van der Waals surface area contributed by atoms with E-state index in [2.05, 4.69) is 6.92 Å². The Labute approximate surface area is 160 Å². The molecule has 0 bridgehead atoms. The summed E-state index contributed by atoms with van der Waals surface area (Å²) in [5.74, 6) is -0.612. The first kappa shape index (κ1) is 18.4. The molecule has 0 unspecified atom stereocenters. The Balaban J connectivity index is 1.82. The monoisotopic (exact) mass is 386 g/mol. The van der Waals surface area contributed by atoms with E-state index in [1.165, 1.54) is 12.5 Å². The van der Waals surface area contributed by atoms with Gasteiger partial charge in [-0.3, -0.25) is 9.69 Å². The minimum atomic E-state index is -1.35. The van der Waals surface area contributed by atoms with Crippen LogP contribution in [-0.2, 0) is 16.0 Å². The Bertz CT molecular complexity index is 899. The molecule has 0 N–H and O–H groups in total. The van der Waals surface area contributed by atoms with Gasteiger partial charge in [0.15, 0.2) is 0 Å². The lowest BCUT2D eigenvalue weighted by molar-refractivity contribution is -0.309. The van der Waals surface area contributed by atoms with Crippen LogP contribution >= 0.6 is 24.0 Å². The number of hydrogen-bond donors (Lipinski definition) is 0. The zero-order valence-corrected chi connectivity index (χ0v) is 15.9. The van der Waals surface area contributed by atoms with Crippen molar-refractivity contribution in [2.24, 2.45) is 0 Å². The Morgan fingerprint density at radius 3 is 2.62 bits per heavy atom. The van der Waals surface area contributed by atoms with Crippen LogP contribution < -0.4 is 5.11 Å². The number of aliphatic carboxylic acids is 1. The molecule has 26 heavy (non-hydrogen) atoms. The Hall–Kier alpha value is -2.38. The highest BCUT2D eigenvalue weighted by Crippen LogP contribution is 2.34. The summed E-state index contributed by atoms with van der Waals surface area (Å²) in [5, 5.41) is 11.0. The van der Waals surface area contributed by atoms with E-state index in [-0.39, 0.29) is 4.32 Å². The number of carbonyl (C=O) groups excluding carboxylic acids is 2. The Morgan fingerprint density at radius 2 is 2.00 bits per heavy atom. The van der Waals surface area contributed by atoms with Gasteiger partial charge in [-0.25, -0.2) is 0 Å². The molecule has 7 heteroatoms. The minimum Gasteiger partial charge on any atom is -0.548 e. The molecule has 1 amide bonds. The predicted octanol–water partition coefficient (Wildman–Crippen LogP) is 2.85. The number of amides is 1. The largest absolute Gasteiger partial charge is 0.548 e. The number of thiocarbonyl (C=S) groups is 1. The van der Waals surface area contributed by atoms with E-state index in [4.69, 9.17) is 16.6 Å². The topological polar surface area (TPSA) is 73.6 Å². The molecule has 0 radical (unpaired) electrons. The molecular formula is C19H16NO4S2-. The first-order chi connectivity index (χ1) is 12.4. The summed E-state index contributed by atoms with van der Waals surface area (Å²) in [6.07, 6.45) is 2.54.